The minimum Gasteiger partial charge on any atom is -0.339 e. The summed E-state index contributed by atoms with van der Waals surface area (Å²) in [6.45, 7) is 6.49. The summed E-state index contributed by atoms with van der Waals surface area (Å²) in [5.74, 6) is 0.104. The SMILES string of the molecule is Cc1nn(CC(=O)N2CCN(Cc3cccs3)CC2)c2nccc(-c3ccccc3)c12. The molecule has 0 spiro atoms. The van der Waals surface area contributed by atoms with Crippen LogP contribution in [0, 0.1) is 6.92 Å². The van der Waals surface area contributed by atoms with Crippen LogP contribution >= 0.6 is 11.3 Å². The number of thiophene rings is 1. The fourth-order valence-corrected chi connectivity index (χ4v) is 5.00. The van der Waals surface area contributed by atoms with Crippen LogP contribution in [0.2, 0.25) is 0 Å². The third kappa shape index (κ3) is 4.11. The molecule has 0 N–H and O–H groups in total. The molecule has 1 amide bonds. The van der Waals surface area contributed by atoms with E-state index in [0.717, 1.165) is 60.6 Å². The molecule has 0 unspecified atom stereocenters. The lowest BCUT2D eigenvalue weighted by Gasteiger charge is -2.34. The number of nitrogens with zero attached hydrogens (tertiary/aromatic N) is 5. The Balaban J connectivity index is 1.30. The molecule has 0 saturated carbocycles. The third-order valence-corrected chi connectivity index (χ3v) is 6.72. The molecule has 0 bridgehead atoms. The zero-order valence-corrected chi connectivity index (χ0v) is 18.4. The fourth-order valence-electron chi connectivity index (χ4n) is 4.26. The van der Waals surface area contributed by atoms with Gasteiger partial charge in [0.2, 0.25) is 5.91 Å². The maximum atomic E-state index is 13.0. The number of rotatable bonds is 5. The zero-order chi connectivity index (χ0) is 21.2. The Morgan fingerprint density at radius 3 is 2.58 bits per heavy atom. The summed E-state index contributed by atoms with van der Waals surface area (Å²) in [4.78, 5) is 23.3. The molecule has 5 rings (SSSR count). The molecule has 1 saturated heterocycles. The lowest BCUT2D eigenvalue weighted by Crippen LogP contribution is -2.49. The lowest BCUT2D eigenvalue weighted by atomic mass is 10.0. The van der Waals surface area contributed by atoms with Gasteiger partial charge in [-0.2, -0.15) is 5.10 Å². The Morgan fingerprint density at radius 1 is 1.03 bits per heavy atom. The summed E-state index contributed by atoms with van der Waals surface area (Å²) in [6, 6.07) is 16.5. The molecule has 31 heavy (non-hydrogen) atoms. The molecular formula is C24H25N5OS. The molecular weight excluding hydrogens is 406 g/mol. The molecule has 1 aliphatic rings. The van der Waals surface area contributed by atoms with Gasteiger partial charge in [0.15, 0.2) is 5.65 Å². The van der Waals surface area contributed by atoms with E-state index in [9.17, 15) is 4.79 Å². The molecule has 1 aromatic carbocycles. The predicted molar refractivity (Wildman–Crippen MR) is 124 cm³/mol. The average Bonchev–Trinajstić information content (AvgIpc) is 3.43. The van der Waals surface area contributed by atoms with E-state index in [2.05, 4.69) is 44.6 Å². The topological polar surface area (TPSA) is 54.3 Å². The van der Waals surface area contributed by atoms with Crippen LogP contribution in [0.5, 0.6) is 0 Å². The van der Waals surface area contributed by atoms with Crippen molar-refractivity contribution in [2.75, 3.05) is 26.2 Å². The molecule has 6 nitrogen and oxygen atoms in total. The van der Waals surface area contributed by atoms with E-state index in [0.29, 0.717) is 0 Å². The number of aromatic nitrogens is 3. The van der Waals surface area contributed by atoms with E-state index >= 15 is 0 Å². The number of carbonyl (C=O) groups excluding carboxylic acids is 1. The van der Waals surface area contributed by atoms with E-state index in [1.54, 1.807) is 22.2 Å². The molecule has 0 aliphatic carbocycles. The second kappa shape index (κ2) is 8.61. The molecule has 3 aromatic heterocycles. The van der Waals surface area contributed by atoms with Crippen LogP contribution in [0.3, 0.4) is 0 Å². The first-order valence-corrected chi connectivity index (χ1v) is 11.5. The zero-order valence-electron chi connectivity index (χ0n) is 17.6. The maximum absolute atomic E-state index is 13.0. The summed E-state index contributed by atoms with van der Waals surface area (Å²) >= 11 is 1.79. The van der Waals surface area contributed by atoms with Crippen molar-refractivity contribution in [3.8, 4) is 11.1 Å². The van der Waals surface area contributed by atoms with Gasteiger partial charge >= 0.3 is 0 Å². The molecule has 1 fully saturated rings. The lowest BCUT2D eigenvalue weighted by molar-refractivity contribution is -0.133. The molecule has 0 radical (unpaired) electrons. The number of benzene rings is 1. The minimum atomic E-state index is 0.104. The Labute approximate surface area is 185 Å². The normalized spacial score (nSPS) is 14.9. The van der Waals surface area contributed by atoms with E-state index in [4.69, 9.17) is 0 Å². The number of carbonyl (C=O) groups is 1. The van der Waals surface area contributed by atoms with Gasteiger partial charge in [-0.1, -0.05) is 36.4 Å². The molecule has 4 heterocycles. The maximum Gasteiger partial charge on any atom is 0.244 e. The Bertz CT molecular complexity index is 1180. The van der Waals surface area contributed by atoms with Crippen molar-refractivity contribution in [3.05, 3.63) is 70.7 Å². The first-order chi connectivity index (χ1) is 15.2. The highest BCUT2D eigenvalue weighted by atomic mass is 32.1. The van der Waals surface area contributed by atoms with Crippen LogP contribution < -0.4 is 0 Å². The minimum absolute atomic E-state index is 0.104. The first-order valence-electron chi connectivity index (χ1n) is 10.6. The summed E-state index contributed by atoms with van der Waals surface area (Å²) < 4.78 is 1.76. The van der Waals surface area contributed by atoms with Crippen LogP contribution in [0.1, 0.15) is 10.6 Å². The smallest absolute Gasteiger partial charge is 0.244 e. The quantitative estimate of drug-likeness (QED) is 0.482. The van der Waals surface area contributed by atoms with Crippen LogP contribution in [-0.4, -0.2) is 56.7 Å². The number of pyridine rings is 1. The van der Waals surface area contributed by atoms with Crippen molar-refractivity contribution in [1.82, 2.24) is 24.6 Å². The van der Waals surface area contributed by atoms with Gasteiger partial charge in [0.25, 0.3) is 0 Å². The number of aryl methyl sites for hydroxylation is 1. The molecule has 158 valence electrons. The predicted octanol–water partition coefficient (Wildman–Crippen LogP) is 3.81. The standard InChI is InChI=1S/C24H25N5OS/c1-18-23-21(19-6-3-2-4-7-19)9-10-25-24(23)29(26-18)17-22(30)28-13-11-27(12-14-28)16-20-8-5-15-31-20/h2-10,15H,11-14,16-17H2,1H3. The fraction of sp³-hybridized carbons (Fsp3) is 0.292. The van der Waals surface area contributed by atoms with E-state index in [1.807, 2.05) is 36.1 Å². The van der Waals surface area contributed by atoms with Crippen LogP contribution in [-0.2, 0) is 17.9 Å². The van der Waals surface area contributed by atoms with Crippen LogP contribution in [0.15, 0.2) is 60.1 Å². The van der Waals surface area contributed by atoms with E-state index in [-0.39, 0.29) is 12.5 Å². The van der Waals surface area contributed by atoms with Crippen molar-refractivity contribution in [2.24, 2.45) is 0 Å². The second-order valence-corrected chi connectivity index (χ2v) is 8.93. The molecule has 7 heteroatoms. The number of hydrogen-bond donors (Lipinski definition) is 0. The van der Waals surface area contributed by atoms with Crippen molar-refractivity contribution in [1.29, 1.82) is 0 Å². The van der Waals surface area contributed by atoms with Gasteiger partial charge in [-0.15, -0.1) is 11.3 Å². The Morgan fingerprint density at radius 2 is 1.84 bits per heavy atom. The van der Waals surface area contributed by atoms with E-state index < -0.39 is 0 Å². The molecule has 4 aromatic rings. The largest absolute Gasteiger partial charge is 0.339 e. The number of piperazine rings is 1. The third-order valence-electron chi connectivity index (χ3n) is 5.86. The van der Waals surface area contributed by atoms with E-state index in [1.165, 1.54) is 4.88 Å². The highest BCUT2D eigenvalue weighted by Gasteiger charge is 2.23. The van der Waals surface area contributed by atoms with Crippen molar-refractivity contribution >= 4 is 28.3 Å². The average molecular weight is 432 g/mol. The van der Waals surface area contributed by atoms with Gasteiger partial charge in [0, 0.05) is 49.2 Å². The van der Waals surface area contributed by atoms with Gasteiger partial charge < -0.3 is 4.90 Å². The van der Waals surface area contributed by atoms with Gasteiger partial charge in [-0.3, -0.25) is 9.69 Å². The second-order valence-electron chi connectivity index (χ2n) is 7.90. The molecule has 1 aliphatic heterocycles. The highest BCUT2D eigenvalue weighted by Crippen LogP contribution is 2.29. The monoisotopic (exact) mass is 431 g/mol. The number of amides is 1. The van der Waals surface area contributed by atoms with Crippen molar-refractivity contribution in [2.45, 2.75) is 20.0 Å². The Hall–Kier alpha value is -3.03. The first kappa shape index (κ1) is 19.9. The molecule has 0 atom stereocenters. The van der Waals surface area contributed by atoms with Crippen molar-refractivity contribution in [3.63, 3.8) is 0 Å². The number of hydrogen-bond acceptors (Lipinski definition) is 5. The van der Waals surface area contributed by atoms with Crippen molar-refractivity contribution < 1.29 is 4.79 Å². The van der Waals surface area contributed by atoms with Gasteiger partial charge in [-0.25, -0.2) is 9.67 Å². The summed E-state index contributed by atoms with van der Waals surface area (Å²) in [6.07, 6.45) is 1.80. The number of fused-ring (bicyclic) bond motifs is 1. The Kier molecular flexibility index (Phi) is 5.53. The van der Waals surface area contributed by atoms with Crippen LogP contribution in [0.4, 0.5) is 0 Å². The highest BCUT2D eigenvalue weighted by molar-refractivity contribution is 7.09. The summed E-state index contributed by atoms with van der Waals surface area (Å²) in [5.41, 5.74) is 3.90. The summed E-state index contributed by atoms with van der Waals surface area (Å²) in [7, 11) is 0. The van der Waals surface area contributed by atoms with Gasteiger partial charge in [-0.05, 0) is 35.6 Å². The van der Waals surface area contributed by atoms with Crippen LogP contribution in [0.25, 0.3) is 22.2 Å². The van der Waals surface area contributed by atoms with Gasteiger partial charge in [0.1, 0.15) is 6.54 Å². The summed E-state index contributed by atoms with van der Waals surface area (Å²) in [5, 5.41) is 7.80. The van der Waals surface area contributed by atoms with Gasteiger partial charge in [0.05, 0.1) is 5.69 Å².